The fourth-order valence-corrected chi connectivity index (χ4v) is 3.24. The molecule has 3 atom stereocenters. The molecular formula is C16H32N2O. The molecular weight excluding hydrogens is 236 g/mol. The smallest absolute Gasteiger partial charge is 0.0706 e. The van der Waals surface area contributed by atoms with Gasteiger partial charge in [0.1, 0.15) is 0 Å². The second-order valence-electron chi connectivity index (χ2n) is 7.42. The second kappa shape index (κ2) is 6.55. The standard InChI is InChI=1S/C16H32N2O/c1-13-8-9-15(19-13)12-18-10-6-5-7-14(18)11-17-16(2,3)4/h13-15,17H,5-12H2,1-4H3. The van der Waals surface area contributed by atoms with Gasteiger partial charge >= 0.3 is 0 Å². The summed E-state index contributed by atoms with van der Waals surface area (Å²) in [5.74, 6) is 0. The molecule has 0 bridgehead atoms. The van der Waals surface area contributed by atoms with Crippen molar-refractivity contribution in [2.45, 2.75) is 83.6 Å². The van der Waals surface area contributed by atoms with Crippen molar-refractivity contribution in [2.75, 3.05) is 19.6 Å². The van der Waals surface area contributed by atoms with E-state index in [4.69, 9.17) is 4.74 Å². The van der Waals surface area contributed by atoms with Crippen molar-refractivity contribution in [3.63, 3.8) is 0 Å². The lowest BCUT2D eigenvalue weighted by molar-refractivity contribution is 0.0130. The lowest BCUT2D eigenvalue weighted by Gasteiger charge is -2.38. The Morgan fingerprint density at radius 1 is 1.16 bits per heavy atom. The Morgan fingerprint density at radius 2 is 1.95 bits per heavy atom. The molecule has 2 rings (SSSR count). The Morgan fingerprint density at radius 3 is 2.58 bits per heavy atom. The van der Waals surface area contributed by atoms with E-state index in [0.717, 1.165) is 13.1 Å². The Labute approximate surface area is 119 Å². The summed E-state index contributed by atoms with van der Waals surface area (Å²) in [4.78, 5) is 2.67. The highest BCUT2D eigenvalue weighted by Crippen LogP contribution is 2.23. The summed E-state index contributed by atoms with van der Waals surface area (Å²) >= 11 is 0. The molecule has 19 heavy (non-hydrogen) atoms. The molecule has 2 aliphatic heterocycles. The molecule has 0 aromatic rings. The third kappa shape index (κ3) is 5.05. The summed E-state index contributed by atoms with van der Waals surface area (Å²) in [7, 11) is 0. The Kier molecular flexibility index (Phi) is 5.27. The van der Waals surface area contributed by atoms with E-state index in [1.165, 1.54) is 38.6 Å². The summed E-state index contributed by atoms with van der Waals surface area (Å²) < 4.78 is 6.00. The van der Waals surface area contributed by atoms with E-state index < -0.39 is 0 Å². The summed E-state index contributed by atoms with van der Waals surface area (Å²) in [6, 6.07) is 0.701. The molecule has 0 aliphatic carbocycles. The lowest BCUT2D eigenvalue weighted by atomic mass is 9.99. The van der Waals surface area contributed by atoms with Gasteiger partial charge in [-0.3, -0.25) is 4.90 Å². The molecule has 2 saturated heterocycles. The minimum absolute atomic E-state index is 0.224. The molecule has 2 fully saturated rings. The van der Waals surface area contributed by atoms with E-state index in [2.05, 4.69) is 37.9 Å². The number of ether oxygens (including phenoxy) is 1. The third-order valence-electron chi connectivity index (χ3n) is 4.38. The van der Waals surface area contributed by atoms with Gasteiger partial charge < -0.3 is 10.1 Å². The summed E-state index contributed by atoms with van der Waals surface area (Å²) in [6.07, 6.45) is 7.51. The van der Waals surface area contributed by atoms with Crippen LogP contribution in [0.3, 0.4) is 0 Å². The van der Waals surface area contributed by atoms with E-state index >= 15 is 0 Å². The fraction of sp³-hybridized carbons (Fsp3) is 1.00. The minimum Gasteiger partial charge on any atom is -0.374 e. The molecule has 2 heterocycles. The monoisotopic (exact) mass is 268 g/mol. The minimum atomic E-state index is 0.224. The van der Waals surface area contributed by atoms with Gasteiger partial charge in [-0.1, -0.05) is 6.42 Å². The van der Waals surface area contributed by atoms with E-state index in [-0.39, 0.29) is 5.54 Å². The molecule has 0 radical (unpaired) electrons. The maximum Gasteiger partial charge on any atom is 0.0706 e. The quantitative estimate of drug-likeness (QED) is 0.848. The van der Waals surface area contributed by atoms with Crippen LogP contribution in [0, 0.1) is 0 Å². The number of nitrogens with zero attached hydrogens (tertiary/aromatic N) is 1. The summed E-state index contributed by atoms with van der Waals surface area (Å²) in [5, 5.41) is 3.67. The molecule has 2 aliphatic rings. The van der Waals surface area contributed by atoms with Gasteiger partial charge in [0.15, 0.2) is 0 Å². The topological polar surface area (TPSA) is 24.5 Å². The Balaban J connectivity index is 1.81. The van der Waals surface area contributed by atoms with Crippen molar-refractivity contribution in [1.29, 1.82) is 0 Å². The molecule has 0 aromatic carbocycles. The zero-order chi connectivity index (χ0) is 13.9. The zero-order valence-corrected chi connectivity index (χ0v) is 13.2. The van der Waals surface area contributed by atoms with Gasteiger partial charge in [0.25, 0.3) is 0 Å². The van der Waals surface area contributed by atoms with Gasteiger partial charge in [0.05, 0.1) is 12.2 Å². The first-order chi connectivity index (χ1) is 8.94. The van der Waals surface area contributed by atoms with E-state index in [1.807, 2.05) is 0 Å². The number of hydrogen-bond donors (Lipinski definition) is 1. The first-order valence-corrected chi connectivity index (χ1v) is 8.08. The molecule has 0 saturated carbocycles. The summed E-state index contributed by atoms with van der Waals surface area (Å²) in [5.41, 5.74) is 0.224. The van der Waals surface area contributed by atoms with Gasteiger partial charge in [0.2, 0.25) is 0 Å². The average molecular weight is 268 g/mol. The van der Waals surface area contributed by atoms with E-state index in [9.17, 15) is 0 Å². The average Bonchev–Trinajstić information content (AvgIpc) is 2.73. The van der Waals surface area contributed by atoms with Crippen LogP contribution < -0.4 is 5.32 Å². The van der Waals surface area contributed by atoms with Gasteiger partial charge in [0, 0.05) is 24.7 Å². The van der Waals surface area contributed by atoms with Crippen LogP contribution in [0.25, 0.3) is 0 Å². The van der Waals surface area contributed by atoms with Crippen LogP contribution in [0.5, 0.6) is 0 Å². The Hall–Kier alpha value is -0.120. The number of hydrogen-bond acceptors (Lipinski definition) is 3. The maximum atomic E-state index is 6.00. The van der Waals surface area contributed by atoms with Crippen LogP contribution in [-0.4, -0.2) is 48.3 Å². The highest BCUT2D eigenvalue weighted by Gasteiger charge is 2.29. The van der Waals surface area contributed by atoms with Crippen LogP contribution in [0.1, 0.15) is 59.8 Å². The first-order valence-electron chi connectivity index (χ1n) is 8.08. The van der Waals surface area contributed by atoms with Crippen LogP contribution in [0.2, 0.25) is 0 Å². The molecule has 1 N–H and O–H groups in total. The molecule has 112 valence electrons. The van der Waals surface area contributed by atoms with Crippen LogP contribution in [0.15, 0.2) is 0 Å². The molecule has 3 heteroatoms. The molecule has 0 amide bonds. The van der Waals surface area contributed by atoms with Crippen LogP contribution >= 0.6 is 0 Å². The molecule has 3 nitrogen and oxygen atoms in total. The number of nitrogens with one attached hydrogen (secondary N) is 1. The lowest BCUT2D eigenvalue weighted by Crippen LogP contribution is -2.51. The van der Waals surface area contributed by atoms with Crippen molar-refractivity contribution >= 4 is 0 Å². The van der Waals surface area contributed by atoms with Crippen LogP contribution in [0.4, 0.5) is 0 Å². The normalized spacial score (nSPS) is 33.8. The molecule has 0 aromatic heterocycles. The van der Waals surface area contributed by atoms with Crippen molar-refractivity contribution in [3.8, 4) is 0 Å². The highest BCUT2D eigenvalue weighted by molar-refractivity contribution is 4.85. The second-order valence-corrected chi connectivity index (χ2v) is 7.42. The van der Waals surface area contributed by atoms with Crippen molar-refractivity contribution in [3.05, 3.63) is 0 Å². The fourth-order valence-electron chi connectivity index (χ4n) is 3.24. The first kappa shape index (κ1) is 15.3. The summed E-state index contributed by atoms with van der Waals surface area (Å²) in [6.45, 7) is 12.5. The van der Waals surface area contributed by atoms with Gasteiger partial charge in [-0.25, -0.2) is 0 Å². The predicted octanol–water partition coefficient (Wildman–Crippen LogP) is 2.80. The number of piperidine rings is 1. The molecule has 3 unspecified atom stereocenters. The van der Waals surface area contributed by atoms with Crippen molar-refractivity contribution in [2.24, 2.45) is 0 Å². The van der Waals surface area contributed by atoms with Gasteiger partial charge in [-0.05, 0) is 59.9 Å². The van der Waals surface area contributed by atoms with Crippen molar-refractivity contribution < 1.29 is 4.74 Å². The Bertz CT molecular complexity index is 274. The van der Waals surface area contributed by atoms with Crippen LogP contribution in [-0.2, 0) is 4.74 Å². The maximum absolute atomic E-state index is 6.00. The largest absolute Gasteiger partial charge is 0.374 e. The number of likely N-dealkylation sites (tertiary alicyclic amines) is 1. The van der Waals surface area contributed by atoms with E-state index in [1.54, 1.807) is 0 Å². The highest BCUT2D eigenvalue weighted by atomic mass is 16.5. The van der Waals surface area contributed by atoms with Crippen molar-refractivity contribution in [1.82, 2.24) is 10.2 Å². The van der Waals surface area contributed by atoms with Gasteiger partial charge in [-0.15, -0.1) is 0 Å². The van der Waals surface area contributed by atoms with E-state index in [0.29, 0.717) is 18.2 Å². The molecule has 0 spiro atoms. The van der Waals surface area contributed by atoms with Gasteiger partial charge in [-0.2, -0.15) is 0 Å². The SMILES string of the molecule is CC1CCC(CN2CCCCC2CNC(C)(C)C)O1. The zero-order valence-electron chi connectivity index (χ0n) is 13.2. The number of rotatable bonds is 4. The third-order valence-corrected chi connectivity index (χ3v) is 4.38. The predicted molar refractivity (Wildman–Crippen MR) is 80.5 cm³/mol.